The molecule has 2 N–H and O–H groups in total. The molecule has 1 saturated heterocycles. The molecule has 19 heavy (non-hydrogen) atoms. The molecule has 0 radical (unpaired) electrons. The Morgan fingerprint density at radius 1 is 1.11 bits per heavy atom. The van der Waals surface area contributed by atoms with Crippen LogP contribution in [0.4, 0.5) is 11.4 Å². The van der Waals surface area contributed by atoms with Crippen LogP contribution in [0.1, 0.15) is 24.4 Å². The van der Waals surface area contributed by atoms with Crippen LogP contribution < -0.4 is 10.6 Å². The predicted octanol–water partition coefficient (Wildman–Crippen LogP) is 4.37. The Hall–Kier alpha value is -1.48. The van der Waals surface area contributed by atoms with Gasteiger partial charge in [0, 0.05) is 11.0 Å². The summed E-state index contributed by atoms with van der Waals surface area (Å²) in [5.74, 6) is 0. The van der Waals surface area contributed by atoms with Crippen LogP contribution in [-0.4, -0.2) is 6.54 Å². The molecular formula is C16H17BrN2. The van der Waals surface area contributed by atoms with E-state index in [-0.39, 0.29) is 0 Å². The second-order valence-electron chi connectivity index (χ2n) is 4.97. The summed E-state index contributed by atoms with van der Waals surface area (Å²) in [6, 6.07) is 17.2. The summed E-state index contributed by atoms with van der Waals surface area (Å²) >= 11 is 3.54. The summed E-state index contributed by atoms with van der Waals surface area (Å²) < 4.78 is 1.08. The molecule has 0 saturated carbocycles. The van der Waals surface area contributed by atoms with Crippen molar-refractivity contribution in [1.29, 1.82) is 0 Å². The first kappa shape index (κ1) is 12.5. The number of hydrogen-bond acceptors (Lipinski definition) is 2. The molecule has 2 nitrogen and oxygen atoms in total. The Labute approximate surface area is 122 Å². The highest BCUT2D eigenvalue weighted by atomic mass is 79.9. The van der Waals surface area contributed by atoms with Gasteiger partial charge in [0.15, 0.2) is 0 Å². The monoisotopic (exact) mass is 316 g/mol. The van der Waals surface area contributed by atoms with Crippen LogP contribution in [-0.2, 0) is 0 Å². The summed E-state index contributed by atoms with van der Waals surface area (Å²) in [5, 5.41) is 0. The average Bonchev–Trinajstić information content (AvgIpc) is 2.91. The van der Waals surface area contributed by atoms with E-state index in [1.807, 2.05) is 12.1 Å². The van der Waals surface area contributed by atoms with E-state index < -0.39 is 0 Å². The molecule has 98 valence electrons. The zero-order chi connectivity index (χ0) is 13.2. The Morgan fingerprint density at radius 3 is 2.68 bits per heavy atom. The molecule has 1 aliphatic rings. The minimum Gasteiger partial charge on any atom is -0.397 e. The first-order chi connectivity index (χ1) is 9.25. The van der Waals surface area contributed by atoms with Crippen molar-refractivity contribution < 1.29 is 0 Å². The highest BCUT2D eigenvalue weighted by Gasteiger charge is 2.27. The second-order valence-corrected chi connectivity index (χ2v) is 5.88. The van der Waals surface area contributed by atoms with Crippen molar-refractivity contribution in [3.63, 3.8) is 0 Å². The lowest BCUT2D eigenvalue weighted by Gasteiger charge is -2.28. The smallest absolute Gasteiger partial charge is 0.0616 e. The first-order valence-corrected chi connectivity index (χ1v) is 7.41. The van der Waals surface area contributed by atoms with Gasteiger partial charge in [-0.2, -0.15) is 0 Å². The third-order valence-electron chi connectivity index (χ3n) is 3.74. The van der Waals surface area contributed by atoms with Gasteiger partial charge in [0.1, 0.15) is 0 Å². The summed E-state index contributed by atoms with van der Waals surface area (Å²) in [6.07, 6.45) is 2.40. The predicted molar refractivity (Wildman–Crippen MR) is 84.3 cm³/mol. The van der Waals surface area contributed by atoms with E-state index in [2.05, 4.69) is 57.2 Å². The van der Waals surface area contributed by atoms with Crippen molar-refractivity contribution in [3.05, 3.63) is 58.6 Å². The van der Waals surface area contributed by atoms with Crippen molar-refractivity contribution in [2.75, 3.05) is 17.2 Å². The fourth-order valence-electron chi connectivity index (χ4n) is 2.84. The van der Waals surface area contributed by atoms with E-state index >= 15 is 0 Å². The van der Waals surface area contributed by atoms with E-state index in [0.717, 1.165) is 22.4 Å². The molecule has 3 heteroatoms. The van der Waals surface area contributed by atoms with Crippen molar-refractivity contribution >= 4 is 27.3 Å². The van der Waals surface area contributed by atoms with Crippen molar-refractivity contribution in [1.82, 2.24) is 0 Å². The Kier molecular flexibility index (Phi) is 3.47. The fraction of sp³-hybridized carbons (Fsp3) is 0.250. The molecule has 1 fully saturated rings. The van der Waals surface area contributed by atoms with E-state index in [1.165, 1.54) is 18.4 Å². The Balaban J connectivity index is 1.97. The van der Waals surface area contributed by atoms with Gasteiger partial charge in [0.2, 0.25) is 0 Å². The van der Waals surface area contributed by atoms with E-state index in [9.17, 15) is 0 Å². The summed E-state index contributed by atoms with van der Waals surface area (Å²) in [7, 11) is 0. The van der Waals surface area contributed by atoms with Crippen LogP contribution in [0.3, 0.4) is 0 Å². The van der Waals surface area contributed by atoms with Gasteiger partial charge >= 0.3 is 0 Å². The molecule has 2 aromatic carbocycles. The van der Waals surface area contributed by atoms with Gasteiger partial charge in [0.05, 0.1) is 17.4 Å². The van der Waals surface area contributed by atoms with E-state index in [1.54, 1.807) is 0 Å². The number of rotatable bonds is 2. The average molecular weight is 317 g/mol. The standard InChI is InChI=1S/C16H17BrN2/c17-13-8-9-14(18)16(11-13)19-10-4-7-15(19)12-5-2-1-3-6-12/h1-3,5-6,8-9,11,15H,4,7,10,18H2. The van der Waals surface area contributed by atoms with Gasteiger partial charge < -0.3 is 10.6 Å². The van der Waals surface area contributed by atoms with Crippen LogP contribution >= 0.6 is 15.9 Å². The molecule has 2 aromatic rings. The second kappa shape index (κ2) is 5.25. The SMILES string of the molecule is Nc1ccc(Br)cc1N1CCCC1c1ccccc1. The Morgan fingerprint density at radius 2 is 1.89 bits per heavy atom. The zero-order valence-electron chi connectivity index (χ0n) is 10.7. The van der Waals surface area contributed by atoms with Crippen LogP contribution in [0.25, 0.3) is 0 Å². The fourth-order valence-corrected chi connectivity index (χ4v) is 3.19. The molecule has 0 amide bonds. The maximum atomic E-state index is 6.15. The number of nitrogen functional groups attached to an aromatic ring is 1. The number of benzene rings is 2. The molecular weight excluding hydrogens is 300 g/mol. The number of hydrogen-bond donors (Lipinski definition) is 1. The number of nitrogens with two attached hydrogens (primary N) is 1. The van der Waals surface area contributed by atoms with Gasteiger partial charge in [-0.25, -0.2) is 0 Å². The summed E-state index contributed by atoms with van der Waals surface area (Å²) in [6.45, 7) is 1.07. The molecule has 0 bridgehead atoms. The van der Waals surface area contributed by atoms with Gasteiger partial charge in [-0.1, -0.05) is 46.3 Å². The number of halogens is 1. The molecule has 0 spiro atoms. The molecule has 0 aliphatic carbocycles. The molecule has 1 unspecified atom stereocenters. The number of anilines is 2. The van der Waals surface area contributed by atoms with Crippen LogP contribution in [0.2, 0.25) is 0 Å². The normalized spacial score (nSPS) is 18.8. The minimum absolute atomic E-state index is 0.442. The van der Waals surface area contributed by atoms with E-state index in [0.29, 0.717) is 6.04 Å². The molecule has 1 heterocycles. The van der Waals surface area contributed by atoms with Gasteiger partial charge in [-0.3, -0.25) is 0 Å². The Bertz CT molecular complexity index is 568. The largest absolute Gasteiger partial charge is 0.397 e. The lowest BCUT2D eigenvalue weighted by atomic mass is 10.0. The van der Waals surface area contributed by atoms with Crippen LogP contribution in [0.15, 0.2) is 53.0 Å². The summed E-state index contributed by atoms with van der Waals surface area (Å²) in [4.78, 5) is 2.43. The van der Waals surface area contributed by atoms with Crippen molar-refractivity contribution in [2.24, 2.45) is 0 Å². The quantitative estimate of drug-likeness (QED) is 0.833. The lowest BCUT2D eigenvalue weighted by molar-refractivity contribution is 0.720. The minimum atomic E-state index is 0.442. The highest BCUT2D eigenvalue weighted by Crippen LogP contribution is 2.39. The topological polar surface area (TPSA) is 29.3 Å². The molecule has 3 rings (SSSR count). The van der Waals surface area contributed by atoms with Crippen molar-refractivity contribution in [2.45, 2.75) is 18.9 Å². The van der Waals surface area contributed by atoms with E-state index in [4.69, 9.17) is 5.73 Å². The van der Waals surface area contributed by atoms with Gasteiger partial charge in [0.25, 0.3) is 0 Å². The first-order valence-electron chi connectivity index (χ1n) is 6.62. The highest BCUT2D eigenvalue weighted by molar-refractivity contribution is 9.10. The van der Waals surface area contributed by atoms with Crippen molar-refractivity contribution in [3.8, 4) is 0 Å². The molecule has 1 aliphatic heterocycles. The maximum absolute atomic E-state index is 6.15. The molecule has 0 aromatic heterocycles. The third-order valence-corrected chi connectivity index (χ3v) is 4.23. The van der Waals surface area contributed by atoms with Gasteiger partial charge in [-0.05, 0) is 36.6 Å². The number of nitrogens with zero attached hydrogens (tertiary/aromatic N) is 1. The van der Waals surface area contributed by atoms with Crippen LogP contribution in [0.5, 0.6) is 0 Å². The third kappa shape index (κ3) is 2.47. The van der Waals surface area contributed by atoms with Gasteiger partial charge in [-0.15, -0.1) is 0 Å². The van der Waals surface area contributed by atoms with Crippen LogP contribution in [0, 0.1) is 0 Å². The summed E-state index contributed by atoms with van der Waals surface area (Å²) in [5.41, 5.74) is 9.51. The maximum Gasteiger partial charge on any atom is 0.0616 e. The lowest BCUT2D eigenvalue weighted by Crippen LogP contribution is -2.23. The molecule has 1 atom stereocenters. The zero-order valence-corrected chi connectivity index (χ0v) is 12.3.